The molecule has 0 saturated carbocycles. The summed E-state index contributed by atoms with van der Waals surface area (Å²) in [5, 5.41) is 3.10. The van der Waals surface area contributed by atoms with Crippen molar-refractivity contribution in [2.24, 2.45) is 5.73 Å². The average Bonchev–Trinajstić information content (AvgIpc) is 2.18. The van der Waals surface area contributed by atoms with E-state index in [1.807, 2.05) is 13.1 Å². The lowest BCUT2D eigenvalue weighted by Gasteiger charge is -2.16. The summed E-state index contributed by atoms with van der Waals surface area (Å²) in [7, 11) is 1.84. The first-order valence-electron chi connectivity index (χ1n) is 5.07. The molecule has 0 aliphatic carbocycles. The lowest BCUT2D eigenvalue weighted by Crippen LogP contribution is -2.23. The molecule has 0 bridgehead atoms. The Labute approximate surface area is 90.7 Å². The molecule has 3 nitrogen and oxygen atoms in total. The van der Waals surface area contributed by atoms with Gasteiger partial charge in [-0.05, 0) is 37.6 Å². The van der Waals surface area contributed by atoms with Crippen molar-refractivity contribution in [2.75, 3.05) is 7.05 Å². The second-order valence-corrected chi connectivity index (χ2v) is 3.86. The third-order valence-corrected chi connectivity index (χ3v) is 2.69. The van der Waals surface area contributed by atoms with Crippen LogP contribution in [0.5, 0.6) is 0 Å². The highest BCUT2D eigenvalue weighted by atomic mass is 16.1. The normalized spacial score (nSPS) is 12.5. The fourth-order valence-corrected chi connectivity index (χ4v) is 1.57. The Kier molecular flexibility index (Phi) is 3.86. The predicted octanol–water partition coefficient (Wildman–Crippen LogP) is 1.44. The van der Waals surface area contributed by atoms with Crippen LogP contribution in [0, 0.1) is 13.8 Å². The number of hydrogen-bond donors (Lipinski definition) is 2. The van der Waals surface area contributed by atoms with E-state index in [0.29, 0.717) is 6.42 Å². The Hall–Kier alpha value is -1.35. The maximum absolute atomic E-state index is 10.9. The lowest BCUT2D eigenvalue weighted by atomic mass is 9.99. The molecule has 1 unspecified atom stereocenters. The summed E-state index contributed by atoms with van der Waals surface area (Å²) in [5.41, 5.74) is 8.80. The molecule has 1 atom stereocenters. The zero-order valence-electron chi connectivity index (χ0n) is 9.50. The SMILES string of the molecule is CNC(CC(N)=O)c1ccc(C)c(C)c1. The van der Waals surface area contributed by atoms with E-state index in [-0.39, 0.29) is 11.9 Å². The zero-order valence-corrected chi connectivity index (χ0v) is 9.50. The monoisotopic (exact) mass is 206 g/mol. The van der Waals surface area contributed by atoms with Gasteiger partial charge in [0.05, 0.1) is 0 Å². The van der Waals surface area contributed by atoms with Crippen molar-refractivity contribution in [3.05, 3.63) is 34.9 Å². The van der Waals surface area contributed by atoms with Crippen LogP contribution in [0.4, 0.5) is 0 Å². The Morgan fingerprint density at radius 3 is 2.53 bits per heavy atom. The van der Waals surface area contributed by atoms with Gasteiger partial charge >= 0.3 is 0 Å². The van der Waals surface area contributed by atoms with Crippen LogP contribution < -0.4 is 11.1 Å². The van der Waals surface area contributed by atoms with E-state index in [4.69, 9.17) is 5.73 Å². The van der Waals surface area contributed by atoms with E-state index < -0.39 is 0 Å². The van der Waals surface area contributed by atoms with Gasteiger partial charge in [-0.2, -0.15) is 0 Å². The molecule has 3 heteroatoms. The van der Waals surface area contributed by atoms with Gasteiger partial charge in [-0.1, -0.05) is 18.2 Å². The van der Waals surface area contributed by atoms with Crippen molar-refractivity contribution in [1.29, 1.82) is 0 Å². The van der Waals surface area contributed by atoms with Crippen LogP contribution in [-0.2, 0) is 4.79 Å². The smallest absolute Gasteiger partial charge is 0.219 e. The fourth-order valence-electron chi connectivity index (χ4n) is 1.57. The van der Waals surface area contributed by atoms with Crippen LogP contribution in [0.2, 0.25) is 0 Å². The highest BCUT2D eigenvalue weighted by Crippen LogP contribution is 2.19. The van der Waals surface area contributed by atoms with Gasteiger partial charge in [0.15, 0.2) is 0 Å². The van der Waals surface area contributed by atoms with Gasteiger partial charge < -0.3 is 11.1 Å². The average molecular weight is 206 g/mol. The highest BCUT2D eigenvalue weighted by Gasteiger charge is 2.12. The van der Waals surface area contributed by atoms with Gasteiger partial charge in [-0.3, -0.25) is 4.79 Å². The number of aryl methyl sites for hydroxylation is 2. The van der Waals surface area contributed by atoms with Crippen LogP contribution >= 0.6 is 0 Å². The molecule has 0 aliphatic heterocycles. The first-order valence-corrected chi connectivity index (χ1v) is 5.07. The number of nitrogens with two attached hydrogens (primary N) is 1. The number of carbonyl (C=O) groups excluding carboxylic acids is 1. The number of hydrogen-bond acceptors (Lipinski definition) is 2. The molecule has 0 heterocycles. The third kappa shape index (κ3) is 3.06. The zero-order chi connectivity index (χ0) is 11.4. The van der Waals surface area contributed by atoms with Crippen LogP contribution in [0.3, 0.4) is 0 Å². The standard InChI is InChI=1S/C12H18N2O/c1-8-4-5-10(6-9(8)2)11(14-3)7-12(13)15/h4-6,11,14H,7H2,1-3H3,(H2,13,15). The molecule has 1 aromatic rings. The lowest BCUT2D eigenvalue weighted by molar-refractivity contribution is -0.118. The molecule has 0 aromatic heterocycles. The first kappa shape index (κ1) is 11.7. The van der Waals surface area contributed by atoms with Crippen molar-refractivity contribution in [3.63, 3.8) is 0 Å². The van der Waals surface area contributed by atoms with Crippen LogP contribution in [-0.4, -0.2) is 13.0 Å². The van der Waals surface area contributed by atoms with Gasteiger partial charge in [0.25, 0.3) is 0 Å². The molecular formula is C12H18N2O. The van der Waals surface area contributed by atoms with Crippen LogP contribution in [0.1, 0.15) is 29.2 Å². The molecule has 0 radical (unpaired) electrons. The van der Waals surface area contributed by atoms with Gasteiger partial charge in [0, 0.05) is 12.5 Å². The van der Waals surface area contributed by atoms with Crippen molar-refractivity contribution < 1.29 is 4.79 Å². The minimum absolute atomic E-state index is 0.0156. The summed E-state index contributed by atoms with van der Waals surface area (Å²) >= 11 is 0. The number of carbonyl (C=O) groups is 1. The van der Waals surface area contributed by atoms with E-state index >= 15 is 0 Å². The Morgan fingerprint density at radius 2 is 2.07 bits per heavy atom. The molecule has 1 aromatic carbocycles. The van der Waals surface area contributed by atoms with Crippen LogP contribution in [0.25, 0.3) is 0 Å². The molecule has 82 valence electrons. The second kappa shape index (κ2) is 4.94. The summed E-state index contributed by atoms with van der Waals surface area (Å²) in [5.74, 6) is -0.285. The number of nitrogens with one attached hydrogen (secondary N) is 1. The summed E-state index contributed by atoms with van der Waals surface area (Å²) < 4.78 is 0. The summed E-state index contributed by atoms with van der Waals surface area (Å²) in [6, 6.07) is 6.21. The van der Waals surface area contributed by atoms with E-state index in [0.717, 1.165) is 5.56 Å². The quantitative estimate of drug-likeness (QED) is 0.783. The molecule has 1 amide bonds. The molecule has 0 saturated heterocycles. The Balaban J connectivity index is 2.92. The number of benzene rings is 1. The van der Waals surface area contributed by atoms with E-state index in [9.17, 15) is 4.79 Å². The van der Waals surface area contributed by atoms with Crippen molar-refractivity contribution >= 4 is 5.91 Å². The minimum atomic E-state index is -0.285. The number of primary amides is 1. The van der Waals surface area contributed by atoms with Gasteiger partial charge in [0.2, 0.25) is 5.91 Å². The fraction of sp³-hybridized carbons (Fsp3) is 0.417. The van der Waals surface area contributed by atoms with Gasteiger partial charge in [-0.25, -0.2) is 0 Å². The third-order valence-electron chi connectivity index (χ3n) is 2.69. The maximum atomic E-state index is 10.9. The summed E-state index contributed by atoms with van der Waals surface area (Å²) in [4.78, 5) is 10.9. The predicted molar refractivity (Wildman–Crippen MR) is 61.5 cm³/mol. The van der Waals surface area contributed by atoms with Crippen molar-refractivity contribution in [3.8, 4) is 0 Å². The Bertz CT molecular complexity index is 361. The second-order valence-electron chi connectivity index (χ2n) is 3.86. The molecule has 0 aliphatic rings. The summed E-state index contributed by atoms with van der Waals surface area (Å²) in [6.07, 6.45) is 0.332. The molecule has 15 heavy (non-hydrogen) atoms. The summed E-state index contributed by atoms with van der Waals surface area (Å²) in [6.45, 7) is 4.14. The van der Waals surface area contributed by atoms with Gasteiger partial charge in [0.1, 0.15) is 0 Å². The van der Waals surface area contributed by atoms with E-state index in [2.05, 4.69) is 31.3 Å². The molecule has 0 spiro atoms. The first-order chi connectivity index (χ1) is 7.04. The number of amides is 1. The molecule has 1 rings (SSSR count). The van der Waals surface area contributed by atoms with E-state index in [1.165, 1.54) is 11.1 Å². The van der Waals surface area contributed by atoms with Crippen LogP contribution in [0.15, 0.2) is 18.2 Å². The van der Waals surface area contributed by atoms with Crippen molar-refractivity contribution in [1.82, 2.24) is 5.32 Å². The molecule has 3 N–H and O–H groups in total. The largest absolute Gasteiger partial charge is 0.370 e. The number of rotatable bonds is 4. The topological polar surface area (TPSA) is 55.1 Å². The minimum Gasteiger partial charge on any atom is -0.370 e. The van der Waals surface area contributed by atoms with Crippen molar-refractivity contribution in [2.45, 2.75) is 26.3 Å². The molecule has 0 fully saturated rings. The van der Waals surface area contributed by atoms with Gasteiger partial charge in [-0.15, -0.1) is 0 Å². The molecular weight excluding hydrogens is 188 g/mol. The van der Waals surface area contributed by atoms with E-state index in [1.54, 1.807) is 0 Å². The maximum Gasteiger partial charge on any atom is 0.219 e. The highest BCUT2D eigenvalue weighted by molar-refractivity contribution is 5.74. The Morgan fingerprint density at radius 1 is 1.40 bits per heavy atom.